The van der Waals surface area contributed by atoms with Gasteiger partial charge in [0.1, 0.15) is 6.04 Å². The number of carbonyl (C=O) groups is 2. The molecule has 0 spiro atoms. The molecule has 2 aromatic carbocycles. The van der Waals surface area contributed by atoms with Crippen LogP contribution >= 0.6 is 11.6 Å². The minimum Gasteiger partial charge on any atom is -0.356 e. The lowest BCUT2D eigenvalue weighted by Gasteiger charge is -2.47. The Morgan fingerprint density at radius 3 is 2.63 bits per heavy atom. The molecule has 2 atom stereocenters. The number of aromatic nitrogens is 1. The van der Waals surface area contributed by atoms with Crippen LogP contribution in [0.25, 0.3) is 10.9 Å². The molecule has 5 nitrogen and oxygen atoms in total. The molecule has 6 heteroatoms. The quantitative estimate of drug-likeness (QED) is 0.682. The number of unbranched alkanes of at least 4 members (excludes halogenated alkanes) is 1. The number of amides is 2. The van der Waals surface area contributed by atoms with Crippen molar-refractivity contribution in [3.63, 3.8) is 0 Å². The van der Waals surface area contributed by atoms with Crippen LogP contribution in [0.5, 0.6) is 0 Å². The topological polar surface area (TPSA) is 56.4 Å². The third kappa shape index (κ3) is 3.00. The van der Waals surface area contributed by atoms with Crippen LogP contribution in [0.3, 0.4) is 0 Å². The fraction of sp³-hybridized carbons (Fsp3) is 0.333. The Labute approximate surface area is 180 Å². The molecule has 2 amide bonds. The van der Waals surface area contributed by atoms with Gasteiger partial charge in [0.05, 0.1) is 12.6 Å². The van der Waals surface area contributed by atoms with Gasteiger partial charge in [-0.25, -0.2) is 0 Å². The fourth-order valence-electron chi connectivity index (χ4n) is 4.85. The van der Waals surface area contributed by atoms with Crippen molar-refractivity contribution < 1.29 is 9.59 Å². The molecule has 0 radical (unpaired) electrons. The van der Waals surface area contributed by atoms with Gasteiger partial charge in [-0.3, -0.25) is 9.59 Å². The van der Waals surface area contributed by atoms with Crippen molar-refractivity contribution in [2.75, 3.05) is 13.1 Å². The first-order valence-corrected chi connectivity index (χ1v) is 10.9. The summed E-state index contributed by atoms with van der Waals surface area (Å²) in [5.41, 5.74) is 4.12. The van der Waals surface area contributed by atoms with E-state index >= 15 is 0 Å². The van der Waals surface area contributed by atoms with Crippen LogP contribution in [0.2, 0.25) is 5.02 Å². The van der Waals surface area contributed by atoms with E-state index in [-0.39, 0.29) is 24.4 Å². The van der Waals surface area contributed by atoms with E-state index in [4.69, 9.17) is 11.6 Å². The Hall–Kier alpha value is -2.79. The third-order valence-corrected chi connectivity index (χ3v) is 6.56. The van der Waals surface area contributed by atoms with E-state index in [0.717, 1.165) is 40.6 Å². The summed E-state index contributed by atoms with van der Waals surface area (Å²) in [6.45, 7) is 2.88. The molecule has 30 heavy (non-hydrogen) atoms. The van der Waals surface area contributed by atoms with Crippen LogP contribution in [0, 0.1) is 0 Å². The molecule has 1 N–H and O–H groups in total. The van der Waals surface area contributed by atoms with Crippen molar-refractivity contribution in [2.45, 2.75) is 38.3 Å². The van der Waals surface area contributed by atoms with E-state index in [1.165, 1.54) is 0 Å². The molecule has 2 aliphatic heterocycles. The number of benzene rings is 2. The maximum Gasteiger partial charge on any atom is 0.246 e. The maximum absolute atomic E-state index is 13.4. The summed E-state index contributed by atoms with van der Waals surface area (Å²) in [5, 5.41) is 1.77. The number of H-pyrrole nitrogens is 1. The molecule has 0 bridgehead atoms. The lowest BCUT2D eigenvalue weighted by molar-refractivity contribution is -0.158. The summed E-state index contributed by atoms with van der Waals surface area (Å²) in [6, 6.07) is 14.9. The van der Waals surface area contributed by atoms with Crippen LogP contribution in [-0.4, -0.2) is 45.7 Å². The van der Waals surface area contributed by atoms with Gasteiger partial charge in [-0.2, -0.15) is 0 Å². The highest BCUT2D eigenvalue weighted by Crippen LogP contribution is 2.42. The van der Waals surface area contributed by atoms with Gasteiger partial charge in [-0.15, -0.1) is 0 Å². The number of fused-ring (bicyclic) bond motifs is 4. The molecule has 5 rings (SSSR count). The van der Waals surface area contributed by atoms with Crippen LogP contribution in [-0.2, 0) is 16.0 Å². The van der Waals surface area contributed by atoms with Gasteiger partial charge >= 0.3 is 0 Å². The lowest BCUT2D eigenvalue weighted by Crippen LogP contribution is -2.63. The second-order valence-corrected chi connectivity index (χ2v) is 8.59. The average molecular weight is 422 g/mol. The second kappa shape index (κ2) is 7.47. The van der Waals surface area contributed by atoms with E-state index in [1.54, 1.807) is 9.80 Å². The number of nitrogens with one attached hydrogen (secondary N) is 1. The zero-order valence-corrected chi connectivity index (χ0v) is 17.7. The highest BCUT2D eigenvalue weighted by molar-refractivity contribution is 6.30. The first-order chi connectivity index (χ1) is 14.6. The van der Waals surface area contributed by atoms with Crippen LogP contribution in [0.4, 0.5) is 0 Å². The number of halogens is 1. The fourth-order valence-corrected chi connectivity index (χ4v) is 4.98. The molecule has 1 aromatic heterocycles. The van der Waals surface area contributed by atoms with E-state index in [1.807, 2.05) is 42.5 Å². The molecular formula is C24H24ClN3O2. The van der Waals surface area contributed by atoms with E-state index in [2.05, 4.69) is 18.0 Å². The van der Waals surface area contributed by atoms with Crippen LogP contribution in [0.1, 0.15) is 42.6 Å². The Morgan fingerprint density at radius 2 is 1.87 bits per heavy atom. The molecule has 3 aromatic rings. The largest absolute Gasteiger partial charge is 0.356 e. The van der Waals surface area contributed by atoms with Crippen molar-refractivity contribution in [2.24, 2.45) is 0 Å². The van der Waals surface area contributed by atoms with Gasteiger partial charge in [0.15, 0.2) is 0 Å². The SMILES string of the molecule is CCCCN1CC(=O)N2[C@H](c3ccc(Cl)cc3)c3[nH]c4ccccc4c3C[C@H]2C1=O. The Balaban J connectivity index is 1.66. The van der Waals surface area contributed by atoms with Crippen molar-refractivity contribution in [1.82, 2.24) is 14.8 Å². The summed E-state index contributed by atoms with van der Waals surface area (Å²) in [7, 11) is 0. The van der Waals surface area contributed by atoms with Gasteiger partial charge < -0.3 is 14.8 Å². The minimum absolute atomic E-state index is 0.0000378. The highest BCUT2D eigenvalue weighted by Gasteiger charge is 2.47. The van der Waals surface area contributed by atoms with E-state index in [9.17, 15) is 9.59 Å². The molecule has 1 saturated heterocycles. The third-order valence-electron chi connectivity index (χ3n) is 6.31. The predicted molar refractivity (Wildman–Crippen MR) is 117 cm³/mol. The summed E-state index contributed by atoms with van der Waals surface area (Å²) < 4.78 is 0. The molecule has 0 saturated carbocycles. The number of hydrogen-bond donors (Lipinski definition) is 1. The predicted octanol–water partition coefficient (Wildman–Crippen LogP) is 4.31. The van der Waals surface area contributed by atoms with Crippen molar-refractivity contribution in [1.29, 1.82) is 0 Å². The molecule has 0 unspecified atom stereocenters. The molecule has 2 aliphatic rings. The number of carbonyl (C=O) groups excluding carboxylic acids is 2. The lowest BCUT2D eigenvalue weighted by atomic mass is 9.86. The summed E-state index contributed by atoms with van der Waals surface area (Å²) in [5.74, 6) is 0.0536. The zero-order chi connectivity index (χ0) is 20.8. The van der Waals surface area contributed by atoms with Gasteiger partial charge in [-0.1, -0.05) is 55.3 Å². The number of nitrogens with zero attached hydrogens (tertiary/aromatic N) is 2. The normalized spacial score (nSPS) is 21.1. The number of piperazine rings is 1. The molecule has 154 valence electrons. The molecular weight excluding hydrogens is 398 g/mol. The molecule has 1 fully saturated rings. The monoisotopic (exact) mass is 421 g/mol. The maximum atomic E-state index is 13.4. The number of rotatable bonds is 4. The minimum atomic E-state index is -0.476. The smallest absolute Gasteiger partial charge is 0.246 e. The Morgan fingerprint density at radius 1 is 1.10 bits per heavy atom. The first-order valence-electron chi connectivity index (χ1n) is 10.5. The highest BCUT2D eigenvalue weighted by atomic mass is 35.5. The first kappa shape index (κ1) is 19.2. The van der Waals surface area contributed by atoms with E-state index in [0.29, 0.717) is 18.0 Å². The number of aromatic amines is 1. The van der Waals surface area contributed by atoms with Crippen molar-refractivity contribution in [3.8, 4) is 0 Å². The van der Waals surface area contributed by atoms with Gasteiger partial charge in [0.2, 0.25) is 11.8 Å². The van der Waals surface area contributed by atoms with Gasteiger partial charge in [0, 0.05) is 34.6 Å². The Kier molecular flexibility index (Phi) is 4.78. The molecule has 3 heterocycles. The number of hydrogen-bond acceptors (Lipinski definition) is 2. The van der Waals surface area contributed by atoms with Gasteiger partial charge in [-0.05, 0) is 35.7 Å². The van der Waals surface area contributed by atoms with Crippen LogP contribution in [0.15, 0.2) is 48.5 Å². The van der Waals surface area contributed by atoms with E-state index < -0.39 is 6.04 Å². The van der Waals surface area contributed by atoms with Crippen LogP contribution < -0.4 is 0 Å². The summed E-state index contributed by atoms with van der Waals surface area (Å²) in [4.78, 5) is 33.8. The molecule has 0 aliphatic carbocycles. The zero-order valence-electron chi connectivity index (χ0n) is 16.9. The second-order valence-electron chi connectivity index (χ2n) is 8.15. The average Bonchev–Trinajstić information content (AvgIpc) is 3.13. The van der Waals surface area contributed by atoms with Gasteiger partial charge in [0.25, 0.3) is 0 Å². The summed E-state index contributed by atoms with van der Waals surface area (Å²) in [6.07, 6.45) is 2.44. The van der Waals surface area contributed by atoms with Crippen molar-refractivity contribution >= 4 is 34.3 Å². The standard InChI is InChI=1S/C24H24ClN3O2/c1-2-3-12-27-14-21(29)28-20(24(27)30)13-18-17-6-4-5-7-19(17)26-22(18)23(28)15-8-10-16(25)11-9-15/h4-11,20,23,26H,2-3,12-14H2,1H3/t20-,23+/m0/s1. The Bertz CT molecular complexity index is 1120. The van der Waals surface area contributed by atoms with Crippen molar-refractivity contribution in [3.05, 3.63) is 70.4 Å². The number of para-hydroxylation sites is 1. The summed E-state index contributed by atoms with van der Waals surface area (Å²) >= 11 is 6.12.